The average molecular weight is 289 g/mol. The first kappa shape index (κ1) is 13.9. The number of nitrogens with one attached hydrogen (secondary N) is 1. The van der Waals surface area contributed by atoms with Crippen molar-refractivity contribution in [2.75, 3.05) is 51.2 Å². The lowest BCUT2D eigenvalue weighted by Gasteiger charge is -2.32. The summed E-state index contributed by atoms with van der Waals surface area (Å²) >= 11 is 0. The van der Waals surface area contributed by atoms with Crippen LogP contribution in [-0.4, -0.2) is 67.9 Å². The molecule has 1 saturated heterocycles. The lowest BCUT2D eigenvalue weighted by atomic mass is 10.1. The number of Topliss-reactive ketones (excluding diaryl/α,β-unsaturated/α-hetero) is 1. The van der Waals surface area contributed by atoms with Gasteiger partial charge < -0.3 is 15.0 Å². The van der Waals surface area contributed by atoms with Crippen LogP contribution in [0.15, 0.2) is 18.2 Å². The number of anilines is 1. The number of fused-ring (bicyclic) bond motifs is 1. The molecule has 6 nitrogen and oxygen atoms in total. The third-order valence-electron chi connectivity index (χ3n) is 3.90. The molecule has 2 heterocycles. The summed E-state index contributed by atoms with van der Waals surface area (Å²) in [7, 11) is 0. The molecular weight excluding hydrogens is 270 g/mol. The monoisotopic (exact) mass is 289 g/mol. The smallest absolute Gasteiger partial charge is 0.209 e. The van der Waals surface area contributed by atoms with E-state index in [4.69, 9.17) is 4.74 Å². The van der Waals surface area contributed by atoms with Gasteiger partial charge in [-0.3, -0.25) is 14.5 Å². The van der Waals surface area contributed by atoms with Crippen LogP contribution >= 0.6 is 0 Å². The second-order valence-electron chi connectivity index (χ2n) is 5.33. The van der Waals surface area contributed by atoms with Gasteiger partial charge in [0.05, 0.1) is 12.2 Å². The van der Waals surface area contributed by atoms with Gasteiger partial charge in [-0.15, -0.1) is 0 Å². The zero-order valence-corrected chi connectivity index (χ0v) is 11.9. The number of carbonyl (C=O) groups excluding carboxylic acids is 2. The molecule has 21 heavy (non-hydrogen) atoms. The van der Waals surface area contributed by atoms with Gasteiger partial charge in [0.15, 0.2) is 5.78 Å². The maximum atomic E-state index is 12.4. The molecule has 3 rings (SSSR count). The molecule has 0 aliphatic carbocycles. The molecule has 0 radical (unpaired) electrons. The summed E-state index contributed by atoms with van der Waals surface area (Å²) in [5.74, 6) is 0.905. The topological polar surface area (TPSA) is 61.9 Å². The molecule has 112 valence electrons. The Bertz CT molecular complexity index is 539. The molecule has 1 N–H and O–H groups in total. The SMILES string of the molecule is O=CN1CCN(CC(=O)c2ccc3c(c2)NCCO3)CC1. The van der Waals surface area contributed by atoms with Crippen LogP contribution in [0.2, 0.25) is 0 Å². The fraction of sp³-hybridized carbons (Fsp3) is 0.467. The van der Waals surface area contributed by atoms with Crippen molar-refractivity contribution in [2.24, 2.45) is 0 Å². The Hall–Kier alpha value is -2.08. The van der Waals surface area contributed by atoms with E-state index >= 15 is 0 Å². The van der Waals surface area contributed by atoms with Crippen molar-refractivity contribution < 1.29 is 14.3 Å². The third-order valence-corrected chi connectivity index (χ3v) is 3.90. The zero-order valence-electron chi connectivity index (χ0n) is 11.9. The van der Waals surface area contributed by atoms with Crippen LogP contribution in [0, 0.1) is 0 Å². The van der Waals surface area contributed by atoms with E-state index in [9.17, 15) is 9.59 Å². The molecule has 1 fully saturated rings. The van der Waals surface area contributed by atoms with Crippen LogP contribution in [0.1, 0.15) is 10.4 Å². The molecule has 2 aliphatic rings. The van der Waals surface area contributed by atoms with Crippen molar-refractivity contribution in [3.05, 3.63) is 23.8 Å². The summed E-state index contributed by atoms with van der Waals surface area (Å²) < 4.78 is 5.51. The fourth-order valence-electron chi connectivity index (χ4n) is 2.64. The standard InChI is InChI=1S/C15H19N3O3/c19-11-18-6-4-17(5-7-18)10-14(20)12-1-2-15-13(9-12)16-3-8-21-15/h1-2,9,11,16H,3-8,10H2. The molecule has 0 bridgehead atoms. The Morgan fingerprint density at radius 2 is 2.10 bits per heavy atom. The Labute approximate surface area is 123 Å². The summed E-state index contributed by atoms with van der Waals surface area (Å²) in [5.41, 5.74) is 1.59. The maximum Gasteiger partial charge on any atom is 0.209 e. The molecule has 1 aromatic rings. The molecule has 2 aliphatic heterocycles. The van der Waals surface area contributed by atoms with E-state index in [1.807, 2.05) is 18.2 Å². The lowest BCUT2D eigenvalue weighted by molar-refractivity contribution is -0.119. The minimum absolute atomic E-state index is 0.102. The molecule has 0 spiro atoms. The van der Waals surface area contributed by atoms with Gasteiger partial charge in [0.2, 0.25) is 6.41 Å². The largest absolute Gasteiger partial charge is 0.490 e. The fourth-order valence-corrected chi connectivity index (χ4v) is 2.64. The van der Waals surface area contributed by atoms with Crippen LogP contribution in [0.3, 0.4) is 0 Å². The van der Waals surface area contributed by atoms with E-state index in [0.717, 1.165) is 37.5 Å². The summed E-state index contributed by atoms with van der Waals surface area (Å²) in [4.78, 5) is 26.9. The van der Waals surface area contributed by atoms with Gasteiger partial charge in [0, 0.05) is 38.3 Å². The molecule has 0 aromatic heterocycles. The van der Waals surface area contributed by atoms with Gasteiger partial charge in [-0.25, -0.2) is 0 Å². The minimum Gasteiger partial charge on any atom is -0.490 e. The number of piperazine rings is 1. The average Bonchev–Trinajstić information content (AvgIpc) is 2.55. The Kier molecular flexibility index (Phi) is 4.06. The number of benzene rings is 1. The van der Waals surface area contributed by atoms with E-state index in [-0.39, 0.29) is 5.78 Å². The number of rotatable bonds is 4. The number of ether oxygens (including phenoxy) is 1. The van der Waals surface area contributed by atoms with E-state index < -0.39 is 0 Å². The van der Waals surface area contributed by atoms with Crippen molar-refractivity contribution in [1.82, 2.24) is 9.80 Å². The van der Waals surface area contributed by atoms with Gasteiger partial charge in [-0.05, 0) is 18.2 Å². The molecule has 6 heteroatoms. The van der Waals surface area contributed by atoms with Crippen molar-refractivity contribution in [3.8, 4) is 5.75 Å². The second kappa shape index (κ2) is 6.13. The van der Waals surface area contributed by atoms with E-state index in [1.54, 1.807) is 4.90 Å². The van der Waals surface area contributed by atoms with Crippen LogP contribution in [0.5, 0.6) is 5.75 Å². The Morgan fingerprint density at radius 1 is 1.29 bits per heavy atom. The first-order valence-electron chi connectivity index (χ1n) is 7.22. The Balaban J connectivity index is 1.62. The van der Waals surface area contributed by atoms with Crippen molar-refractivity contribution >= 4 is 17.9 Å². The summed E-state index contributed by atoms with van der Waals surface area (Å²) in [6.07, 6.45) is 0.869. The first-order valence-corrected chi connectivity index (χ1v) is 7.22. The highest BCUT2D eigenvalue weighted by molar-refractivity contribution is 5.98. The van der Waals surface area contributed by atoms with Crippen LogP contribution in [-0.2, 0) is 4.79 Å². The molecular formula is C15H19N3O3. The third kappa shape index (κ3) is 3.16. The molecule has 1 amide bonds. The van der Waals surface area contributed by atoms with Gasteiger partial charge in [-0.1, -0.05) is 0 Å². The van der Waals surface area contributed by atoms with Gasteiger partial charge in [0.25, 0.3) is 0 Å². The summed E-state index contributed by atoms with van der Waals surface area (Å²) in [6.45, 7) is 4.69. The minimum atomic E-state index is 0.102. The number of hydrogen-bond donors (Lipinski definition) is 1. The van der Waals surface area contributed by atoms with Gasteiger partial charge >= 0.3 is 0 Å². The highest BCUT2D eigenvalue weighted by Gasteiger charge is 2.19. The maximum absolute atomic E-state index is 12.4. The number of ketones is 1. The van der Waals surface area contributed by atoms with Crippen LogP contribution in [0.4, 0.5) is 5.69 Å². The Morgan fingerprint density at radius 3 is 2.86 bits per heavy atom. The lowest BCUT2D eigenvalue weighted by Crippen LogP contribution is -2.47. The number of nitrogens with zero attached hydrogens (tertiary/aromatic N) is 2. The highest BCUT2D eigenvalue weighted by atomic mass is 16.5. The van der Waals surface area contributed by atoms with Gasteiger partial charge in [0.1, 0.15) is 12.4 Å². The predicted molar refractivity (Wildman–Crippen MR) is 78.8 cm³/mol. The quantitative estimate of drug-likeness (QED) is 0.644. The highest BCUT2D eigenvalue weighted by Crippen LogP contribution is 2.28. The predicted octanol–water partition coefficient (Wildman–Crippen LogP) is 0.448. The van der Waals surface area contributed by atoms with Crippen LogP contribution in [0.25, 0.3) is 0 Å². The molecule has 1 aromatic carbocycles. The van der Waals surface area contributed by atoms with Crippen LogP contribution < -0.4 is 10.1 Å². The molecule has 0 unspecified atom stereocenters. The number of amides is 1. The summed E-state index contributed by atoms with van der Waals surface area (Å²) in [6, 6.07) is 5.52. The van der Waals surface area contributed by atoms with Gasteiger partial charge in [-0.2, -0.15) is 0 Å². The van der Waals surface area contributed by atoms with E-state index in [2.05, 4.69) is 10.2 Å². The normalized spacial score (nSPS) is 18.4. The number of carbonyl (C=O) groups is 2. The van der Waals surface area contributed by atoms with Crippen molar-refractivity contribution in [2.45, 2.75) is 0 Å². The first-order chi connectivity index (χ1) is 10.3. The van der Waals surface area contributed by atoms with Crippen molar-refractivity contribution in [1.29, 1.82) is 0 Å². The second-order valence-corrected chi connectivity index (χ2v) is 5.33. The van der Waals surface area contributed by atoms with Crippen molar-refractivity contribution in [3.63, 3.8) is 0 Å². The molecule has 0 atom stereocenters. The van der Waals surface area contributed by atoms with E-state index in [0.29, 0.717) is 31.8 Å². The molecule has 0 saturated carbocycles. The summed E-state index contributed by atoms with van der Waals surface area (Å²) in [5, 5.41) is 3.24. The zero-order chi connectivity index (χ0) is 14.7. The van der Waals surface area contributed by atoms with E-state index in [1.165, 1.54) is 0 Å². The number of hydrogen-bond acceptors (Lipinski definition) is 5.